The lowest BCUT2D eigenvalue weighted by Gasteiger charge is -2.36. The van der Waals surface area contributed by atoms with Crippen LogP contribution in [0.25, 0.3) is 5.57 Å². The molecule has 1 saturated heterocycles. The van der Waals surface area contributed by atoms with E-state index in [4.69, 9.17) is 14.5 Å². The van der Waals surface area contributed by atoms with Gasteiger partial charge < -0.3 is 20.1 Å². The van der Waals surface area contributed by atoms with Crippen LogP contribution in [0.3, 0.4) is 0 Å². The summed E-state index contributed by atoms with van der Waals surface area (Å²) in [4.78, 5) is 12.0. The molecule has 1 aromatic heterocycles. The van der Waals surface area contributed by atoms with Crippen molar-refractivity contribution in [1.29, 1.82) is 0 Å². The normalized spacial score (nSPS) is 16.5. The van der Waals surface area contributed by atoms with Crippen molar-refractivity contribution in [2.24, 2.45) is 0 Å². The van der Waals surface area contributed by atoms with Crippen LogP contribution in [0.4, 0.5) is 23.1 Å². The summed E-state index contributed by atoms with van der Waals surface area (Å²) in [6, 6.07) is 11.5. The molecule has 3 heterocycles. The lowest BCUT2D eigenvalue weighted by Crippen LogP contribution is -2.41. The Balaban J connectivity index is 1.39. The summed E-state index contributed by atoms with van der Waals surface area (Å²) in [5, 5.41) is 8.31. The Kier molecular flexibility index (Phi) is 10.2. The largest absolute Gasteiger partial charge is 0.489 e. The highest BCUT2D eigenvalue weighted by atomic mass is 79.9. The van der Waals surface area contributed by atoms with Crippen molar-refractivity contribution in [3.8, 4) is 5.75 Å². The highest BCUT2D eigenvalue weighted by Crippen LogP contribution is 2.37. The summed E-state index contributed by atoms with van der Waals surface area (Å²) < 4.78 is 12.7. The van der Waals surface area contributed by atoms with Crippen LogP contribution in [0.15, 0.2) is 47.1 Å². The number of nitrogens with zero attached hydrogens (tertiary/aromatic N) is 3. The number of anilines is 4. The van der Waals surface area contributed by atoms with E-state index >= 15 is 0 Å². The molecule has 0 saturated carbocycles. The molecular weight excluding hydrogens is 609 g/mol. The molecule has 0 spiro atoms. The van der Waals surface area contributed by atoms with Crippen LogP contribution in [0.5, 0.6) is 5.75 Å². The third-order valence-corrected chi connectivity index (χ3v) is 9.78. The third-order valence-electron chi connectivity index (χ3n) is 7.86. The zero-order chi connectivity index (χ0) is 29.8. The first-order valence-electron chi connectivity index (χ1n) is 14.8. The number of hydrogen-bond acceptors (Lipinski definition) is 7. The minimum Gasteiger partial charge on any atom is -0.489 e. The number of aryl methyl sites for hydroxylation is 2. The Morgan fingerprint density at radius 3 is 2.55 bits per heavy atom. The van der Waals surface area contributed by atoms with E-state index in [1.54, 1.807) is 6.20 Å². The molecule has 2 N–H and O–H groups in total. The molecule has 9 heteroatoms. The number of halogens is 1. The first-order valence-corrected chi connectivity index (χ1v) is 17.9. The molecule has 2 aromatic carbocycles. The quantitative estimate of drug-likeness (QED) is 0.229. The second kappa shape index (κ2) is 13.9. The van der Waals surface area contributed by atoms with Gasteiger partial charge in [-0.05, 0) is 122 Å². The van der Waals surface area contributed by atoms with Crippen molar-refractivity contribution in [2.75, 3.05) is 50.3 Å². The zero-order valence-corrected chi connectivity index (χ0v) is 28.1. The van der Waals surface area contributed by atoms with Crippen molar-refractivity contribution in [2.45, 2.75) is 59.1 Å². The second-order valence-corrected chi connectivity index (χ2v) is 14.8. The van der Waals surface area contributed by atoms with Crippen LogP contribution in [0.1, 0.15) is 49.8 Å². The van der Waals surface area contributed by atoms with Gasteiger partial charge in [-0.2, -0.15) is 4.98 Å². The van der Waals surface area contributed by atoms with Gasteiger partial charge in [-0.1, -0.05) is 25.6 Å². The van der Waals surface area contributed by atoms with Crippen LogP contribution in [-0.4, -0.2) is 66.6 Å². The third kappa shape index (κ3) is 7.52. The van der Waals surface area contributed by atoms with Gasteiger partial charge in [0.1, 0.15) is 11.6 Å². The standard InChI is InChI=1S/C33H43BrN5O2P/c1-21(2)41-30-19-26(24-9-13-39(14-10-24)25-11-15-40-16-12-25)23(4)18-29(30)37-33-35-20-27(34)32(38-33)36-28-8-7-22(3)17-31(28)42(5)6/h7-9,17-21,25H,10-16H2,1-6H3,(H2,35,36,37,38). The average Bonchev–Trinajstić information content (AvgIpc) is 2.97. The Morgan fingerprint density at radius 1 is 1.07 bits per heavy atom. The van der Waals surface area contributed by atoms with Crippen molar-refractivity contribution in [1.82, 2.24) is 14.9 Å². The molecule has 2 aliphatic heterocycles. The van der Waals surface area contributed by atoms with E-state index in [-0.39, 0.29) is 14.0 Å². The van der Waals surface area contributed by atoms with Crippen molar-refractivity contribution in [3.05, 3.63) is 63.8 Å². The maximum absolute atomic E-state index is 6.33. The molecule has 42 heavy (non-hydrogen) atoms. The number of benzene rings is 2. The Bertz CT molecular complexity index is 1440. The van der Waals surface area contributed by atoms with Gasteiger partial charge in [-0.25, -0.2) is 4.98 Å². The number of hydrogen-bond donors (Lipinski definition) is 2. The molecule has 0 radical (unpaired) electrons. The molecule has 3 aromatic rings. The van der Waals surface area contributed by atoms with Gasteiger partial charge in [-0.15, -0.1) is 0 Å². The van der Waals surface area contributed by atoms with E-state index in [2.05, 4.69) is 114 Å². The maximum atomic E-state index is 6.33. The van der Waals surface area contributed by atoms with E-state index in [0.717, 1.165) is 73.0 Å². The number of aromatic nitrogens is 2. The summed E-state index contributed by atoms with van der Waals surface area (Å²) in [5.74, 6) is 2.03. The van der Waals surface area contributed by atoms with Crippen molar-refractivity contribution >= 4 is 57.9 Å². The molecule has 0 unspecified atom stereocenters. The summed E-state index contributed by atoms with van der Waals surface area (Å²) in [6.45, 7) is 16.8. The SMILES string of the molecule is Cc1ccc(Nc2nc(Nc3cc(C)c(C4=CCN(C5CCOCC5)CC4)cc3OC(C)C)ncc2Br)c(P(C)C)c1. The number of nitrogens with one attached hydrogen (secondary N) is 2. The monoisotopic (exact) mass is 651 g/mol. The fourth-order valence-electron chi connectivity index (χ4n) is 5.67. The Labute approximate surface area is 260 Å². The molecule has 2 aliphatic rings. The van der Waals surface area contributed by atoms with Gasteiger partial charge in [0.15, 0.2) is 0 Å². The fraction of sp³-hybridized carbons (Fsp3) is 0.455. The lowest BCUT2D eigenvalue weighted by molar-refractivity contribution is 0.0378. The highest BCUT2D eigenvalue weighted by molar-refractivity contribution is 9.10. The summed E-state index contributed by atoms with van der Waals surface area (Å²) in [7, 11) is -0.283. The number of ether oxygens (including phenoxy) is 2. The van der Waals surface area contributed by atoms with Crippen LogP contribution in [0.2, 0.25) is 0 Å². The Morgan fingerprint density at radius 2 is 1.86 bits per heavy atom. The smallest absolute Gasteiger partial charge is 0.229 e. The predicted octanol–water partition coefficient (Wildman–Crippen LogP) is 7.77. The molecule has 0 amide bonds. The van der Waals surface area contributed by atoms with Gasteiger partial charge in [0.05, 0.1) is 16.3 Å². The molecular formula is C33H43BrN5O2P. The van der Waals surface area contributed by atoms with E-state index in [1.807, 2.05) is 0 Å². The highest BCUT2D eigenvalue weighted by Gasteiger charge is 2.24. The minimum atomic E-state index is -0.283. The van der Waals surface area contributed by atoms with Crippen molar-refractivity contribution < 1.29 is 9.47 Å². The second-order valence-electron chi connectivity index (χ2n) is 11.7. The van der Waals surface area contributed by atoms with Gasteiger partial charge >= 0.3 is 0 Å². The maximum Gasteiger partial charge on any atom is 0.229 e. The Hall–Kier alpha value is -2.51. The minimum absolute atomic E-state index is 0.0338. The van der Waals surface area contributed by atoms with Crippen LogP contribution < -0.4 is 20.7 Å². The molecule has 0 atom stereocenters. The van der Waals surface area contributed by atoms with E-state index < -0.39 is 0 Å². The van der Waals surface area contributed by atoms with Crippen LogP contribution >= 0.6 is 23.9 Å². The number of rotatable bonds is 9. The summed E-state index contributed by atoms with van der Waals surface area (Å²) >= 11 is 3.64. The van der Waals surface area contributed by atoms with Gasteiger partial charge in [0.25, 0.3) is 0 Å². The summed E-state index contributed by atoms with van der Waals surface area (Å²) in [6.07, 6.45) is 7.53. The first kappa shape index (κ1) is 30.9. The summed E-state index contributed by atoms with van der Waals surface area (Å²) in [5.41, 5.74) is 7.04. The lowest BCUT2D eigenvalue weighted by atomic mass is 9.93. The van der Waals surface area contributed by atoms with E-state index in [1.165, 1.54) is 27.6 Å². The van der Waals surface area contributed by atoms with E-state index in [0.29, 0.717) is 12.0 Å². The average molecular weight is 653 g/mol. The van der Waals surface area contributed by atoms with Gasteiger partial charge in [0.2, 0.25) is 5.95 Å². The molecule has 0 aliphatic carbocycles. The zero-order valence-electron chi connectivity index (χ0n) is 25.6. The molecule has 224 valence electrons. The van der Waals surface area contributed by atoms with Crippen LogP contribution in [0, 0.1) is 13.8 Å². The molecule has 1 fully saturated rings. The molecule has 0 bridgehead atoms. The topological polar surface area (TPSA) is 71.5 Å². The molecule has 7 nitrogen and oxygen atoms in total. The van der Waals surface area contributed by atoms with E-state index in [9.17, 15) is 0 Å². The molecule has 5 rings (SSSR count). The fourth-order valence-corrected chi connectivity index (χ4v) is 7.04. The predicted molar refractivity (Wildman–Crippen MR) is 181 cm³/mol. The van der Waals surface area contributed by atoms with Gasteiger partial charge in [-0.3, -0.25) is 4.90 Å². The van der Waals surface area contributed by atoms with Crippen molar-refractivity contribution in [3.63, 3.8) is 0 Å². The van der Waals surface area contributed by atoms with Gasteiger partial charge in [0, 0.05) is 44.2 Å². The first-order chi connectivity index (χ1) is 20.2. The van der Waals surface area contributed by atoms with Crippen LogP contribution in [-0.2, 0) is 4.74 Å².